The summed E-state index contributed by atoms with van der Waals surface area (Å²) < 4.78 is 19.8. The van der Waals surface area contributed by atoms with Gasteiger partial charge in [-0.2, -0.15) is 9.97 Å². The fraction of sp³-hybridized carbons (Fsp3) is 0.424. The largest absolute Gasteiger partial charge is 0.479 e. The van der Waals surface area contributed by atoms with Crippen LogP contribution in [0, 0.1) is 0 Å². The van der Waals surface area contributed by atoms with Crippen molar-refractivity contribution in [3.8, 4) is 5.88 Å². The summed E-state index contributed by atoms with van der Waals surface area (Å²) >= 11 is 3.57. The third-order valence-electron chi connectivity index (χ3n) is 8.84. The second-order valence-electron chi connectivity index (χ2n) is 12.5. The van der Waals surface area contributed by atoms with Gasteiger partial charge in [0.15, 0.2) is 0 Å². The van der Waals surface area contributed by atoms with Gasteiger partial charge in [0, 0.05) is 56.4 Å². The lowest BCUT2D eigenvalue weighted by Crippen LogP contribution is -2.46. The zero-order valence-corrected chi connectivity index (χ0v) is 29.9. The Morgan fingerprint density at radius 3 is 2.53 bits per heavy atom. The van der Waals surface area contributed by atoms with E-state index < -0.39 is 7.14 Å². The van der Waals surface area contributed by atoms with Gasteiger partial charge in [0.05, 0.1) is 28.1 Å². The molecule has 3 aromatic heterocycles. The van der Waals surface area contributed by atoms with Crippen LogP contribution in [0.2, 0.25) is 0 Å². The fourth-order valence-electron chi connectivity index (χ4n) is 6.46. The van der Waals surface area contributed by atoms with E-state index in [-0.39, 0.29) is 0 Å². The number of nitrogens with zero attached hydrogens (tertiary/aromatic N) is 8. The average molecular weight is 722 g/mol. The van der Waals surface area contributed by atoms with E-state index in [0.29, 0.717) is 55.9 Å². The molecule has 0 aliphatic carbocycles. The molecule has 47 heavy (non-hydrogen) atoms. The van der Waals surface area contributed by atoms with Crippen LogP contribution in [-0.2, 0) is 4.57 Å². The number of likely N-dealkylation sites (N-methyl/N-ethyl adjacent to an activating group) is 1. The Morgan fingerprint density at radius 1 is 1.00 bits per heavy atom. The fourth-order valence-corrected chi connectivity index (χ4v) is 8.14. The summed E-state index contributed by atoms with van der Waals surface area (Å²) in [6, 6.07) is 6.28. The van der Waals surface area contributed by atoms with E-state index in [1.165, 1.54) is 19.5 Å². The maximum absolute atomic E-state index is 13.4. The third kappa shape index (κ3) is 7.43. The van der Waals surface area contributed by atoms with Gasteiger partial charge in [-0.25, -0.2) is 4.98 Å². The number of hydrogen-bond acceptors (Lipinski definition) is 12. The molecule has 14 heteroatoms. The number of nitrogens with one attached hydrogen (secondary N) is 2. The number of rotatable bonds is 9. The van der Waals surface area contributed by atoms with Gasteiger partial charge in [-0.15, -0.1) is 0 Å². The average Bonchev–Trinajstić information content (AvgIpc) is 3.29. The van der Waals surface area contributed by atoms with E-state index in [1.54, 1.807) is 39.0 Å². The lowest BCUT2D eigenvalue weighted by molar-refractivity contribution is 0.174. The molecule has 12 nitrogen and oxygen atoms in total. The van der Waals surface area contributed by atoms with E-state index in [9.17, 15) is 4.57 Å². The first kappa shape index (κ1) is 33.3. The molecule has 0 spiro atoms. The van der Waals surface area contributed by atoms with E-state index >= 15 is 0 Å². The lowest BCUT2D eigenvalue weighted by atomic mass is 10.0. The van der Waals surface area contributed by atoms with Crippen molar-refractivity contribution in [3.05, 3.63) is 53.4 Å². The maximum Gasteiger partial charge on any atom is 0.239 e. The first-order valence-corrected chi connectivity index (χ1v) is 19.3. The minimum absolute atomic E-state index is 0.334. The SMILES string of the molecule is C=Cc1cc(Nc2ncc(Br)c(Nc3ccc4nccnc4c3P(C)(C)=O)n2)c(OC)nc1N1CCC(N2CCCN(C)CC2)CC1. The van der Waals surface area contributed by atoms with Crippen LogP contribution in [0.3, 0.4) is 0 Å². The standard InChI is InChI=1S/C33H42BrN10O2P/c1-6-22-20-27(32(46-3)41-31(22)44-16-10-23(11-17-44)43-15-7-14-42(2)18-19-43)39-33-37-21-24(34)30(40-33)38-26-9-8-25-28(36-13-12-35-25)29(26)47(4,5)45/h6,8-9,12-13,20-21,23H,1,7,10-11,14-19H2,2-5H3,(H2,37,38,39,40). The van der Waals surface area contributed by atoms with Crippen molar-refractivity contribution < 1.29 is 9.30 Å². The molecule has 4 aromatic rings. The molecule has 2 aliphatic rings. The monoisotopic (exact) mass is 720 g/mol. The summed E-state index contributed by atoms with van der Waals surface area (Å²) in [4.78, 5) is 30.5. The molecule has 248 valence electrons. The summed E-state index contributed by atoms with van der Waals surface area (Å²) in [6.07, 6.45) is 10.1. The van der Waals surface area contributed by atoms with Crippen molar-refractivity contribution in [3.63, 3.8) is 0 Å². The Morgan fingerprint density at radius 2 is 1.79 bits per heavy atom. The summed E-state index contributed by atoms with van der Waals surface area (Å²) in [5.74, 6) is 2.14. The molecule has 6 rings (SSSR count). The molecular weight excluding hydrogens is 679 g/mol. The van der Waals surface area contributed by atoms with E-state index in [0.717, 1.165) is 50.4 Å². The quantitative estimate of drug-likeness (QED) is 0.210. The highest BCUT2D eigenvalue weighted by Gasteiger charge is 2.28. The molecule has 2 N–H and O–H groups in total. The zero-order valence-electron chi connectivity index (χ0n) is 27.4. The molecule has 1 aromatic carbocycles. The predicted octanol–water partition coefficient (Wildman–Crippen LogP) is 5.57. The summed E-state index contributed by atoms with van der Waals surface area (Å²) in [5, 5.41) is 7.25. The first-order chi connectivity index (χ1) is 22.6. The van der Waals surface area contributed by atoms with Gasteiger partial charge in [-0.1, -0.05) is 12.7 Å². The number of benzene rings is 1. The first-order valence-electron chi connectivity index (χ1n) is 15.9. The number of piperidine rings is 1. The highest BCUT2D eigenvalue weighted by molar-refractivity contribution is 9.10. The Labute approximate surface area is 284 Å². The van der Waals surface area contributed by atoms with Crippen LogP contribution in [0.25, 0.3) is 17.1 Å². The number of pyridine rings is 1. The molecule has 0 unspecified atom stereocenters. The topological polar surface area (TPSA) is 125 Å². The Hall–Kier alpha value is -3.64. The van der Waals surface area contributed by atoms with Crippen LogP contribution in [0.15, 0.2) is 47.8 Å². The Balaban J connectivity index is 1.22. The van der Waals surface area contributed by atoms with Gasteiger partial charge in [-0.05, 0) is 86.9 Å². The Bertz CT molecular complexity index is 1810. The number of aromatic nitrogens is 5. The van der Waals surface area contributed by atoms with Crippen molar-refractivity contribution in [2.24, 2.45) is 0 Å². The number of fused-ring (bicyclic) bond motifs is 1. The number of ether oxygens (including phenoxy) is 1. The Kier molecular flexibility index (Phi) is 10.1. The third-order valence-corrected chi connectivity index (χ3v) is 10.9. The van der Waals surface area contributed by atoms with Crippen molar-refractivity contribution in [1.29, 1.82) is 0 Å². The van der Waals surface area contributed by atoms with Crippen LogP contribution in [0.4, 0.5) is 29.0 Å². The summed E-state index contributed by atoms with van der Waals surface area (Å²) in [5.41, 5.74) is 3.44. The van der Waals surface area contributed by atoms with Crippen LogP contribution in [0.1, 0.15) is 24.8 Å². The number of halogens is 1. The van der Waals surface area contributed by atoms with Crippen molar-refractivity contribution in [2.75, 3.05) is 82.3 Å². The molecule has 0 radical (unpaired) electrons. The molecule has 5 heterocycles. The maximum atomic E-state index is 13.4. The second-order valence-corrected chi connectivity index (χ2v) is 16.5. The lowest BCUT2D eigenvalue weighted by Gasteiger charge is -2.39. The van der Waals surface area contributed by atoms with Gasteiger partial charge >= 0.3 is 0 Å². The van der Waals surface area contributed by atoms with E-state index in [2.05, 4.69) is 69.8 Å². The summed E-state index contributed by atoms with van der Waals surface area (Å²) in [7, 11) is 1.08. The van der Waals surface area contributed by atoms with Crippen molar-refractivity contribution in [2.45, 2.75) is 25.3 Å². The van der Waals surface area contributed by atoms with Gasteiger partial charge < -0.3 is 29.7 Å². The zero-order chi connectivity index (χ0) is 33.1. The van der Waals surface area contributed by atoms with Crippen molar-refractivity contribution >= 4 is 74.4 Å². The number of methoxy groups -OCH3 is 1. The van der Waals surface area contributed by atoms with Gasteiger partial charge in [-0.3, -0.25) is 14.9 Å². The van der Waals surface area contributed by atoms with Crippen LogP contribution in [0.5, 0.6) is 5.88 Å². The summed E-state index contributed by atoms with van der Waals surface area (Å²) in [6.45, 7) is 14.0. The van der Waals surface area contributed by atoms with Gasteiger partial charge in [0.25, 0.3) is 0 Å². The van der Waals surface area contributed by atoms with Crippen LogP contribution < -0.4 is 25.6 Å². The highest BCUT2D eigenvalue weighted by Crippen LogP contribution is 2.41. The molecule has 0 amide bonds. The number of anilines is 5. The minimum atomic E-state index is -2.75. The normalized spacial score (nSPS) is 17.0. The molecule has 2 fully saturated rings. The molecule has 2 aliphatic heterocycles. The molecule has 0 atom stereocenters. The van der Waals surface area contributed by atoms with E-state index in [1.807, 2.05) is 24.3 Å². The smallest absolute Gasteiger partial charge is 0.239 e. The van der Waals surface area contributed by atoms with Gasteiger partial charge in [0.2, 0.25) is 11.8 Å². The van der Waals surface area contributed by atoms with E-state index in [4.69, 9.17) is 14.7 Å². The molecule has 2 saturated heterocycles. The minimum Gasteiger partial charge on any atom is -0.479 e. The molecule has 0 bridgehead atoms. The van der Waals surface area contributed by atoms with Crippen LogP contribution in [-0.4, -0.2) is 108 Å². The second kappa shape index (κ2) is 14.2. The van der Waals surface area contributed by atoms with Crippen molar-refractivity contribution in [1.82, 2.24) is 34.7 Å². The molecular formula is C33H42BrN10O2P. The highest BCUT2D eigenvalue weighted by atomic mass is 79.9. The van der Waals surface area contributed by atoms with Crippen LogP contribution >= 0.6 is 23.1 Å². The predicted molar refractivity (Wildman–Crippen MR) is 195 cm³/mol. The van der Waals surface area contributed by atoms with Gasteiger partial charge in [0.1, 0.15) is 30.0 Å². The number of hydrogen-bond donors (Lipinski definition) is 2. The molecule has 0 saturated carbocycles.